The molecule has 7 heteroatoms. The molecule has 2 N–H and O–H groups in total. The number of carbonyl (C=O) groups is 3. The smallest absolute Gasteiger partial charge is 0.328 e. The van der Waals surface area contributed by atoms with Crippen molar-refractivity contribution in [1.82, 2.24) is 10.6 Å². The molecule has 7 nitrogen and oxygen atoms in total. The highest BCUT2D eigenvalue weighted by molar-refractivity contribution is 5.83. The maximum absolute atomic E-state index is 12.1. The van der Waals surface area contributed by atoms with E-state index in [1.807, 2.05) is 13.8 Å². The molecule has 2 atom stereocenters. The third kappa shape index (κ3) is 13.5. The minimum atomic E-state index is -0.581. The van der Waals surface area contributed by atoms with Crippen molar-refractivity contribution >= 4 is 17.8 Å². The molecule has 0 fully saturated rings. The Labute approximate surface area is 170 Å². The van der Waals surface area contributed by atoms with E-state index in [1.165, 1.54) is 6.92 Å². The third-order valence-electron chi connectivity index (χ3n) is 4.24. The van der Waals surface area contributed by atoms with Gasteiger partial charge in [-0.3, -0.25) is 9.59 Å². The van der Waals surface area contributed by atoms with Crippen molar-refractivity contribution < 1.29 is 23.9 Å². The van der Waals surface area contributed by atoms with Gasteiger partial charge < -0.3 is 20.1 Å². The van der Waals surface area contributed by atoms with Gasteiger partial charge in [0.1, 0.15) is 12.1 Å². The van der Waals surface area contributed by atoms with Crippen LogP contribution >= 0.6 is 0 Å². The maximum atomic E-state index is 12.1. The van der Waals surface area contributed by atoms with Crippen molar-refractivity contribution in [3.8, 4) is 0 Å². The minimum absolute atomic E-state index is 0.195. The lowest BCUT2D eigenvalue weighted by molar-refractivity contribution is -0.148. The fraction of sp³-hybridized carbons (Fsp3) is 0.857. The zero-order valence-electron chi connectivity index (χ0n) is 18.5. The summed E-state index contributed by atoms with van der Waals surface area (Å²) in [6.45, 7) is 10.3. The largest absolute Gasteiger partial charge is 0.465 e. The van der Waals surface area contributed by atoms with Crippen LogP contribution in [0.25, 0.3) is 0 Å². The van der Waals surface area contributed by atoms with Crippen LogP contribution in [0, 0.1) is 11.8 Å². The maximum Gasteiger partial charge on any atom is 0.328 e. The summed E-state index contributed by atoms with van der Waals surface area (Å²) in [5, 5.41) is 5.64. The highest BCUT2D eigenvalue weighted by Crippen LogP contribution is 2.09. The first-order valence-corrected chi connectivity index (χ1v) is 10.4. The zero-order chi connectivity index (χ0) is 21.5. The van der Waals surface area contributed by atoms with Gasteiger partial charge in [-0.25, -0.2) is 4.79 Å². The van der Waals surface area contributed by atoms with Crippen molar-refractivity contribution in [2.75, 3.05) is 20.3 Å². The monoisotopic (exact) mass is 400 g/mol. The van der Waals surface area contributed by atoms with Crippen LogP contribution in [0.2, 0.25) is 0 Å². The van der Waals surface area contributed by atoms with Gasteiger partial charge >= 0.3 is 11.9 Å². The van der Waals surface area contributed by atoms with Gasteiger partial charge in [-0.2, -0.15) is 0 Å². The summed E-state index contributed by atoms with van der Waals surface area (Å²) >= 11 is 0. The van der Waals surface area contributed by atoms with Crippen molar-refractivity contribution in [3.63, 3.8) is 0 Å². The molecule has 0 aliphatic heterocycles. The molecule has 1 amide bonds. The van der Waals surface area contributed by atoms with Gasteiger partial charge in [0.05, 0.1) is 13.2 Å². The summed E-state index contributed by atoms with van der Waals surface area (Å²) in [4.78, 5) is 35.3. The Morgan fingerprint density at radius 1 is 0.750 bits per heavy atom. The minimum Gasteiger partial charge on any atom is -0.465 e. The molecule has 0 saturated heterocycles. The van der Waals surface area contributed by atoms with Crippen LogP contribution in [0.4, 0.5) is 0 Å². The number of rotatable bonds is 15. The van der Waals surface area contributed by atoms with Crippen molar-refractivity contribution in [3.05, 3.63) is 0 Å². The Balaban J connectivity index is 3.89. The first-order chi connectivity index (χ1) is 13.2. The normalized spacial score (nSPS) is 13.3. The number of nitrogens with one attached hydrogen (secondary N) is 2. The van der Waals surface area contributed by atoms with Gasteiger partial charge in [0.15, 0.2) is 0 Å². The molecule has 164 valence electrons. The number of amides is 1. The van der Waals surface area contributed by atoms with Gasteiger partial charge in [0.25, 0.3) is 0 Å². The van der Waals surface area contributed by atoms with Crippen molar-refractivity contribution in [2.45, 2.75) is 85.2 Å². The second-order valence-electron chi connectivity index (χ2n) is 8.10. The van der Waals surface area contributed by atoms with Crippen LogP contribution < -0.4 is 10.6 Å². The fourth-order valence-electron chi connectivity index (χ4n) is 2.84. The molecule has 0 rings (SSSR count). The molecule has 0 spiro atoms. The molecule has 0 aromatic rings. The summed E-state index contributed by atoms with van der Waals surface area (Å²) in [6.07, 6.45) is 4.66. The van der Waals surface area contributed by atoms with Crippen LogP contribution in [0.3, 0.4) is 0 Å². The van der Waals surface area contributed by atoms with Crippen molar-refractivity contribution in [2.24, 2.45) is 11.8 Å². The Hall–Kier alpha value is -1.63. The lowest BCUT2D eigenvalue weighted by atomic mass is 10.0. The molecule has 0 aliphatic carbocycles. The lowest BCUT2D eigenvalue weighted by Crippen LogP contribution is -2.41. The van der Waals surface area contributed by atoms with Gasteiger partial charge in [-0.15, -0.1) is 0 Å². The number of hydrogen-bond donors (Lipinski definition) is 2. The standard InChI is InChI=1S/C21H40N2O5/c1-15(2)13-18(22-6)20(25)27-11-9-7-8-10-12-28-21(26)19(14-16(3)4)23-17(5)24/h15-16,18-19,22H,7-14H2,1-6H3,(H,23,24). The van der Waals surface area contributed by atoms with Gasteiger partial charge in [-0.1, -0.05) is 27.7 Å². The van der Waals surface area contributed by atoms with Crippen molar-refractivity contribution in [1.29, 1.82) is 0 Å². The molecular weight excluding hydrogens is 360 g/mol. The summed E-state index contributed by atoms with van der Waals surface area (Å²) in [5.74, 6) is -0.0833. The van der Waals surface area contributed by atoms with Gasteiger partial charge in [0, 0.05) is 6.92 Å². The van der Waals surface area contributed by atoms with E-state index >= 15 is 0 Å². The Morgan fingerprint density at radius 3 is 1.57 bits per heavy atom. The Bertz CT molecular complexity index is 466. The zero-order valence-corrected chi connectivity index (χ0v) is 18.5. The summed E-state index contributed by atoms with van der Waals surface area (Å²) in [7, 11) is 1.77. The van der Waals surface area contributed by atoms with E-state index in [0.29, 0.717) is 25.6 Å². The second kappa shape index (κ2) is 15.3. The van der Waals surface area contributed by atoms with E-state index in [9.17, 15) is 14.4 Å². The Kier molecular flexibility index (Phi) is 14.4. The molecule has 28 heavy (non-hydrogen) atoms. The van der Waals surface area contributed by atoms with Crippen LogP contribution in [0.1, 0.15) is 73.1 Å². The predicted molar refractivity (Wildman–Crippen MR) is 110 cm³/mol. The number of carbonyl (C=O) groups excluding carboxylic acids is 3. The SMILES string of the molecule is CNC(CC(C)C)C(=O)OCCCCCCOC(=O)C(CC(C)C)NC(C)=O. The highest BCUT2D eigenvalue weighted by Gasteiger charge is 2.22. The van der Waals surface area contributed by atoms with Gasteiger partial charge in [0.2, 0.25) is 5.91 Å². The third-order valence-corrected chi connectivity index (χ3v) is 4.24. The van der Waals surface area contributed by atoms with Crippen LogP contribution in [0.15, 0.2) is 0 Å². The summed E-state index contributed by atoms with van der Waals surface area (Å²) in [6, 6.07) is -0.829. The van der Waals surface area contributed by atoms with E-state index < -0.39 is 6.04 Å². The number of likely N-dealkylation sites (N-methyl/N-ethyl adjacent to an activating group) is 1. The van der Waals surface area contributed by atoms with Gasteiger partial charge in [-0.05, 0) is 57.4 Å². The molecule has 2 unspecified atom stereocenters. The quantitative estimate of drug-likeness (QED) is 0.324. The molecule has 0 aromatic carbocycles. The number of unbranched alkanes of at least 4 members (excludes halogenated alkanes) is 3. The average molecular weight is 401 g/mol. The topological polar surface area (TPSA) is 93.7 Å². The molecule has 0 bridgehead atoms. The van der Waals surface area contributed by atoms with E-state index in [-0.39, 0.29) is 29.8 Å². The van der Waals surface area contributed by atoms with Crippen LogP contribution in [-0.2, 0) is 23.9 Å². The molecule has 0 radical (unpaired) electrons. The van der Waals surface area contributed by atoms with E-state index in [1.54, 1.807) is 7.05 Å². The molecule has 0 heterocycles. The average Bonchev–Trinajstić information content (AvgIpc) is 2.59. The lowest BCUT2D eigenvalue weighted by Gasteiger charge is -2.18. The van der Waals surface area contributed by atoms with E-state index in [2.05, 4.69) is 24.5 Å². The molecule has 0 saturated carbocycles. The summed E-state index contributed by atoms with van der Waals surface area (Å²) in [5.41, 5.74) is 0. The summed E-state index contributed by atoms with van der Waals surface area (Å²) < 4.78 is 10.6. The number of ether oxygens (including phenoxy) is 2. The fourth-order valence-corrected chi connectivity index (χ4v) is 2.84. The highest BCUT2D eigenvalue weighted by atomic mass is 16.5. The first-order valence-electron chi connectivity index (χ1n) is 10.4. The van der Waals surface area contributed by atoms with E-state index in [4.69, 9.17) is 9.47 Å². The Morgan fingerprint density at radius 2 is 1.18 bits per heavy atom. The van der Waals surface area contributed by atoms with E-state index in [0.717, 1.165) is 32.1 Å². The first kappa shape index (κ1) is 26.4. The number of hydrogen-bond acceptors (Lipinski definition) is 6. The molecule has 0 aliphatic rings. The predicted octanol–water partition coefficient (Wildman–Crippen LogP) is 2.82. The van der Waals surface area contributed by atoms with Crippen LogP contribution in [-0.4, -0.2) is 50.2 Å². The second-order valence-corrected chi connectivity index (χ2v) is 8.10. The number of esters is 2. The molecule has 0 aromatic heterocycles. The molecular formula is C21H40N2O5. The van der Waals surface area contributed by atoms with Crippen LogP contribution in [0.5, 0.6) is 0 Å².